The molecule has 2 atom stereocenters. The Morgan fingerprint density at radius 3 is 2.44 bits per heavy atom. The number of hydrogen-bond donors (Lipinski definition) is 2. The molecule has 0 saturated heterocycles. The molecule has 3 N–H and O–H groups in total. The van der Waals surface area contributed by atoms with Crippen LogP contribution >= 0.6 is 24.8 Å². The second-order valence-electron chi connectivity index (χ2n) is 6.77. The fourth-order valence-corrected chi connectivity index (χ4v) is 3.52. The van der Waals surface area contributed by atoms with E-state index in [-0.39, 0.29) is 36.6 Å². The molecule has 1 aromatic rings. The lowest BCUT2D eigenvalue weighted by Gasteiger charge is -2.18. The summed E-state index contributed by atoms with van der Waals surface area (Å²) in [7, 11) is 0. The first-order valence-corrected chi connectivity index (χ1v) is 9.59. The van der Waals surface area contributed by atoms with Gasteiger partial charge in [0, 0.05) is 19.0 Å². The molecule has 0 aliphatic heterocycles. The van der Waals surface area contributed by atoms with Crippen molar-refractivity contribution in [2.24, 2.45) is 17.6 Å². The molecular weight excluding hydrogens is 385 g/mol. The van der Waals surface area contributed by atoms with Gasteiger partial charge in [-0.1, -0.05) is 32.4 Å². The number of carbonyl (C=O) groups excluding carboxylic acids is 1. The number of nitrogens with two attached hydrogens (primary N) is 1. The first kappa shape index (κ1) is 26.0. The molecule has 0 bridgehead atoms. The number of carbonyl (C=O) groups is 1. The number of nitrogens with zero attached hydrogens (tertiary/aromatic N) is 1. The maximum absolute atomic E-state index is 12.3. The monoisotopic (exact) mass is 419 g/mol. The standard InChI is InChI=1S/C20H33N3O2.2ClH/c1-3-23(4-2)12-13-25-18-10-8-16(9-11-18)15-22-20(24)19-7-5-6-17(19)14-21;;/h8-11,17,19H,3-7,12-15,21H2,1-2H3,(H,22,24);2*1H/t17-,19-;;/m1../s1. The van der Waals surface area contributed by atoms with Gasteiger partial charge in [0.2, 0.25) is 5.91 Å². The molecular formula is C20H35Cl2N3O2. The van der Waals surface area contributed by atoms with E-state index < -0.39 is 0 Å². The molecule has 1 aliphatic rings. The number of hydrogen-bond acceptors (Lipinski definition) is 4. The zero-order valence-electron chi connectivity index (χ0n) is 16.5. The van der Waals surface area contributed by atoms with Crippen molar-refractivity contribution in [3.05, 3.63) is 29.8 Å². The normalized spacial score (nSPS) is 18.5. The summed E-state index contributed by atoms with van der Waals surface area (Å²) >= 11 is 0. The number of nitrogens with one attached hydrogen (secondary N) is 1. The topological polar surface area (TPSA) is 67.6 Å². The lowest BCUT2D eigenvalue weighted by atomic mass is 9.95. The molecule has 1 amide bonds. The number of likely N-dealkylation sites (N-methyl/N-ethyl adjacent to an activating group) is 1. The molecule has 7 heteroatoms. The van der Waals surface area contributed by atoms with E-state index in [2.05, 4.69) is 24.1 Å². The highest BCUT2D eigenvalue weighted by molar-refractivity contribution is 5.85. The number of ether oxygens (including phenoxy) is 1. The third-order valence-corrected chi connectivity index (χ3v) is 5.26. The number of rotatable bonds is 10. The van der Waals surface area contributed by atoms with Gasteiger partial charge in [0.15, 0.2) is 0 Å². The van der Waals surface area contributed by atoms with Crippen LogP contribution in [0, 0.1) is 11.8 Å². The quantitative estimate of drug-likeness (QED) is 0.610. The maximum Gasteiger partial charge on any atom is 0.223 e. The molecule has 1 fully saturated rings. The molecule has 2 rings (SSSR count). The van der Waals surface area contributed by atoms with E-state index in [0.29, 0.717) is 25.6 Å². The number of benzene rings is 1. The fraction of sp³-hybridized carbons (Fsp3) is 0.650. The predicted molar refractivity (Wildman–Crippen MR) is 116 cm³/mol. The first-order chi connectivity index (χ1) is 12.2. The summed E-state index contributed by atoms with van der Waals surface area (Å²) in [5.41, 5.74) is 6.85. The van der Waals surface area contributed by atoms with Gasteiger partial charge in [-0.2, -0.15) is 0 Å². The summed E-state index contributed by atoms with van der Waals surface area (Å²) in [6, 6.07) is 7.98. The van der Waals surface area contributed by atoms with Crippen molar-refractivity contribution in [2.75, 3.05) is 32.8 Å². The fourth-order valence-electron chi connectivity index (χ4n) is 3.52. The Morgan fingerprint density at radius 1 is 1.19 bits per heavy atom. The highest BCUT2D eigenvalue weighted by Gasteiger charge is 2.31. The molecule has 5 nitrogen and oxygen atoms in total. The minimum atomic E-state index is 0. The highest BCUT2D eigenvalue weighted by atomic mass is 35.5. The molecule has 1 aliphatic carbocycles. The summed E-state index contributed by atoms with van der Waals surface area (Å²) in [5, 5.41) is 3.06. The zero-order valence-corrected chi connectivity index (χ0v) is 18.1. The SMILES string of the molecule is CCN(CC)CCOc1ccc(CNC(=O)[C@@H]2CCC[C@@H]2CN)cc1.Cl.Cl. The van der Waals surface area contributed by atoms with Crippen LogP contribution in [0.15, 0.2) is 24.3 Å². The van der Waals surface area contributed by atoms with Gasteiger partial charge in [-0.15, -0.1) is 24.8 Å². The second kappa shape index (κ2) is 14.1. The van der Waals surface area contributed by atoms with Crippen LogP contribution in [0.5, 0.6) is 5.75 Å². The molecule has 0 unspecified atom stereocenters. The molecule has 0 heterocycles. The van der Waals surface area contributed by atoms with E-state index in [1.54, 1.807) is 0 Å². The third kappa shape index (κ3) is 8.26. The van der Waals surface area contributed by atoms with Gasteiger partial charge in [0.05, 0.1) is 0 Å². The number of halogens is 2. The van der Waals surface area contributed by atoms with Crippen LogP contribution in [0.1, 0.15) is 38.7 Å². The van der Waals surface area contributed by atoms with E-state index in [9.17, 15) is 4.79 Å². The van der Waals surface area contributed by atoms with Crippen molar-refractivity contribution in [2.45, 2.75) is 39.7 Å². The average molecular weight is 420 g/mol. The molecule has 0 spiro atoms. The molecule has 27 heavy (non-hydrogen) atoms. The minimum absolute atomic E-state index is 0. The van der Waals surface area contributed by atoms with Gasteiger partial charge < -0.3 is 20.7 Å². The van der Waals surface area contributed by atoms with Crippen LogP contribution < -0.4 is 15.8 Å². The van der Waals surface area contributed by atoms with Crippen LogP contribution in [-0.2, 0) is 11.3 Å². The van der Waals surface area contributed by atoms with Crippen LogP contribution in [0.25, 0.3) is 0 Å². The van der Waals surface area contributed by atoms with Gasteiger partial charge in [0.1, 0.15) is 12.4 Å². The number of amides is 1. The van der Waals surface area contributed by atoms with E-state index in [1.807, 2.05) is 24.3 Å². The third-order valence-electron chi connectivity index (χ3n) is 5.26. The summed E-state index contributed by atoms with van der Waals surface area (Å²) in [6.07, 6.45) is 3.15. The lowest BCUT2D eigenvalue weighted by molar-refractivity contribution is -0.126. The van der Waals surface area contributed by atoms with Crippen LogP contribution in [0.4, 0.5) is 0 Å². The minimum Gasteiger partial charge on any atom is -0.492 e. The predicted octanol–water partition coefficient (Wildman–Crippen LogP) is 3.24. The molecule has 0 aromatic heterocycles. The van der Waals surface area contributed by atoms with E-state index in [1.165, 1.54) is 0 Å². The Kier molecular flexibility index (Phi) is 13.5. The van der Waals surface area contributed by atoms with Crippen molar-refractivity contribution >= 4 is 30.7 Å². The Labute approximate surface area is 176 Å². The lowest BCUT2D eigenvalue weighted by Crippen LogP contribution is -2.34. The second-order valence-corrected chi connectivity index (χ2v) is 6.77. The Morgan fingerprint density at radius 2 is 1.85 bits per heavy atom. The van der Waals surface area contributed by atoms with Crippen LogP contribution in [-0.4, -0.2) is 43.6 Å². The van der Waals surface area contributed by atoms with E-state index >= 15 is 0 Å². The van der Waals surface area contributed by atoms with Gasteiger partial charge in [-0.25, -0.2) is 0 Å². The zero-order chi connectivity index (χ0) is 18.1. The largest absolute Gasteiger partial charge is 0.492 e. The first-order valence-electron chi connectivity index (χ1n) is 9.59. The van der Waals surface area contributed by atoms with Gasteiger partial charge in [0.25, 0.3) is 0 Å². The van der Waals surface area contributed by atoms with Crippen molar-refractivity contribution in [1.29, 1.82) is 0 Å². The van der Waals surface area contributed by atoms with Crippen LogP contribution in [0.3, 0.4) is 0 Å². The summed E-state index contributed by atoms with van der Waals surface area (Å²) in [5.74, 6) is 1.46. The van der Waals surface area contributed by atoms with Crippen molar-refractivity contribution in [3.63, 3.8) is 0 Å². The summed E-state index contributed by atoms with van der Waals surface area (Å²) < 4.78 is 5.79. The Balaban J connectivity index is 0.00000338. The maximum atomic E-state index is 12.3. The smallest absolute Gasteiger partial charge is 0.223 e. The molecule has 1 aromatic carbocycles. The van der Waals surface area contributed by atoms with E-state index in [4.69, 9.17) is 10.5 Å². The Bertz CT molecular complexity index is 524. The molecule has 1 saturated carbocycles. The van der Waals surface area contributed by atoms with Crippen molar-refractivity contribution < 1.29 is 9.53 Å². The van der Waals surface area contributed by atoms with Crippen molar-refractivity contribution in [1.82, 2.24) is 10.2 Å². The van der Waals surface area contributed by atoms with Crippen LogP contribution in [0.2, 0.25) is 0 Å². The Hall–Kier alpha value is -1.01. The van der Waals surface area contributed by atoms with Crippen molar-refractivity contribution in [3.8, 4) is 5.75 Å². The average Bonchev–Trinajstić information content (AvgIpc) is 3.13. The highest BCUT2D eigenvalue weighted by Crippen LogP contribution is 2.31. The summed E-state index contributed by atoms with van der Waals surface area (Å²) in [4.78, 5) is 14.7. The van der Waals surface area contributed by atoms with Gasteiger partial charge >= 0.3 is 0 Å². The molecule has 156 valence electrons. The van der Waals surface area contributed by atoms with E-state index in [0.717, 1.165) is 50.2 Å². The molecule has 0 radical (unpaired) electrons. The van der Waals surface area contributed by atoms with Gasteiger partial charge in [-0.3, -0.25) is 4.79 Å². The van der Waals surface area contributed by atoms with Gasteiger partial charge in [-0.05, 0) is 56.1 Å². The summed E-state index contributed by atoms with van der Waals surface area (Å²) in [6.45, 7) is 9.22.